The molecule has 0 aliphatic heterocycles. The van der Waals surface area contributed by atoms with E-state index in [1.165, 1.54) is 4.90 Å². The van der Waals surface area contributed by atoms with Gasteiger partial charge >= 0.3 is 6.03 Å². The average Bonchev–Trinajstić information content (AvgIpc) is 2.35. The van der Waals surface area contributed by atoms with E-state index >= 15 is 0 Å². The summed E-state index contributed by atoms with van der Waals surface area (Å²) in [5.74, 6) is 0.555. The molecule has 7 nitrogen and oxygen atoms in total. The summed E-state index contributed by atoms with van der Waals surface area (Å²) < 4.78 is 0. The maximum Gasteiger partial charge on any atom is 0.316 e. The number of urea groups is 1. The smallest absolute Gasteiger partial charge is 0.316 e. The van der Waals surface area contributed by atoms with E-state index in [9.17, 15) is 4.79 Å². The summed E-state index contributed by atoms with van der Waals surface area (Å²) in [6.07, 6.45) is 0. The van der Waals surface area contributed by atoms with Crippen LogP contribution >= 0.6 is 0 Å². The first kappa shape index (κ1) is 13.6. The number of aromatic nitrogens is 1. The van der Waals surface area contributed by atoms with Crippen LogP contribution in [-0.4, -0.2) is 43.1 Å². The number of carbonyl (C=O) groups excluding carboxylic acids is 1. The van der Waals surface area contributed by atoms with E-state index in [-0.39, 0.29) is 11.7 Å². The molecule has 0 aliphatic rings. The van der Waals surface area contributed by atoms with Gasteiger partial charge < -0.3 is 21.3 Å². The molecule has 1 rings (SSSR count). The van der Waals surface area contributed by atoms with Crippen molar-refractivity contribution in [1.29, 1.82) is 5.26 Å². The largest absolute Gasteiger partial charge is 0.396 e. The van der Waals surface area contributed by atoms with Gasteiger partial charge in [0, 0.05) is 27.2 Å². The molecule has 4 N–H and O–H groups in total. The molecule has 1 heterocycles. The predicted octanol–water partition coefficient (Wildman–Crippen LogP) is 0.219. The number of nitrogen functional groups attached to an aromatic ring is 1. The molecule has 0 unspecified atom stereocenters. The van der Waals surface area contributed by atoms with Crippen LogP contribution in [0.5, 0.6) is 0 Å². The standard InChI is InChI=1S/C11H16N6O/c1-17(2)11(18)15-6-5-14-10-4-3-8(13)9(7-12)16-10/h3-4H,5-6,13H2,1-2H3,(H,14,16)(H,15,18). The van der Waals surface area contributed by atoms with Crippen molar-refractivity contribution >= 4 is 17.5 Å². The zero-order chi connectivity index (χ0) is 13.5. The molecule has 0 spiro atoms. The molecular formula is C11H16N6O. The second-order valence-corrected chi connectivity index (χ2v) is 3.80. The minimum Gasteiger partial charge on any atom is -0.396 e. The van der Waals surface area contributed by atoms with E-state index in [4.69, 9.17) is 11.0 Å². The van der Waals surface area contributed by atoms with Crippen LogP contribution in [0.4, 0.5) is 16.3 Å². The summed E-state index contributed by atoms with van der Waals surface area (Å²) >= 11 is 0. The Kier molecular flexibility index (Phi) is 4.75. The molecular weight excluding hydrogens is 232 g/mol. The fourth-order valence-electron chi connectivity index (χ4n) is 1.18. The van der Waals surface area contributed by atoms with Crippen molar-refractivity contribution in [2.75, 3.05) is 38.2 Å². The van der Waals surface area contributed by atoms with Crippen LogP contribution in [0.2, 0.25) is 0 Å². The summed E-state index contributed by atoms with van der Waals surface area (Å²) in [6.45, 7) is 0.978. The third-order valence-corrected chi connectivity index (χ3v) is 2.15. The Labute approximate surface area is 106 Å². The number of hydrogen-bond acceptors (Lipinski definition) is 5. The maximum absolute atomic E-state index is 11.2. The Morgan fingerprint density at radius 3 is 2.83 bits per heavy atom. The summed E-state index contributed by atoms with van der Waals surface area (Å²) in [5, 5.41) is 14.5. The zero-order valence-corrected chi connectivity index (χ0v) is 10.4. The minimum absolute atomic E-state index is 0.153. The highest BCUT2D eigenvalue weighted by atomic mass is 16.2. The lowest BCUT2D eigenvalue weighted by Gasteiger charge is -2.12. The highest BCUT2D eigenvalue weighted by molar-refractivity contribution is 5.73. The molecule has 0 bridgehead atoms. The van der Waals surface area contributed by atoms with Crippen molar-refractivity contribution in [3.8, 4) is 6.07 Å². The van der Waals surface area contributed by atoms with Gasteiger partial charge in [0.15, 0.2) is 5.69 Å². The normalized spacial score (nSPS) is 9.39. The van der Waals surface area contributed by atoms with Gasteiger partial charge in [-0.15, -0.1) is 0 Å². The Morgan fingerprint density at radius 1 is 1.50 bits per heavy atom. The quantitative estimate of drug-likeness (QED) is 0.661. The van der Waals surface area contributed by atoms with Gasteiger partial charge in [0.2, 0.25) is 0 Å². The topological polar surface area (TPSA) is 107 Å². The summed E-state index contributed by atoms with van der Waals surface area (Å²) in [7, 11) is 3.34. The molecule has 1 aromatic heterocycles. The van der Waals surface area contributed by atoms with Crippen molar-refractivity contribution < 1.29 is 4.79 Å². The minimum atomic E-state index is -0.153. The second-order valence-electron chi connectivity index (χ2n) is 3.80. The SMILES string of the molecule is CN(C)C(=O)NCCNc1ccc(N)c(C#N)n1. The molecule has 0 saturated carbocycles. The van der Waals surface area contributed by atoms with Gasteiger partial charge in [-0.25, -0.2) is 9.78 Å². The lowest BCUT2D eigenvalue weighted by molar-refractivity contribution is 0.218. The van der Waals surface area contributed by atoms with Crippen molar-refractivity contribution in [3.63, 3.8) is 0 Å². The van der Waals surface area contributed by atoms with E-state index in [0.717, 1.165) is 0 Å². The number of rotatable bonds is 4. The summed E-state index contributed by atoms with van der Waals surface area (Å²) in [6, 6.07) is 5.06. The predicted molar refractivity (Wildman–Crippen MR) is 68.9 cm³/mol. The van der Waals surface area contributed by atoms with E-state index in [0.29, 0.717) is 24.6 Å². The highest BCUT2D eigenvalue weighted by Gasteiger charge is 2.03. The fraction of sp³-hybridized carbons (Fsp3) is 0.364. The van der Waals surface area contributed by atoms with Crippen LogP contribution in [-0.2, 0) is 0 Å². The number of carbonyl (C=O) groups is 1. The summed E-state index contributed by atoms with van der Waals surface area (Å²) in [5.41, 5.74) is 6.10. The Balaban J connectivity index is 2.41. The van der Waals surface area contributed by atoms with Crippen molar-refractivity contribution in [2.45, 2.75) is 0 Å². The van der Waals surface area contributed by atoms with Gasteiger partial charge in [-0.05, 0) is 12.1 Å². The van der Waals surface area contributed by atoms with Gasteiger partial charge in [-0.2, -0.15) is 5.26 Å². The first-order chi connectivity index (χ1) is 8.54. The maximum atomic E-state index is 11.2. The first-order valence-electron chi connectivity index (χ1n) is 5.40. The van der Waals surface area contributed by atoms with E-state index in [1.807, 2.05) is 6.07 Å². The second kappa shape index (κ2) is 6.30. The van der Waals surface area contributed by atoms with Crippen molar-refractivity contribution in [1.82, 2.24) is 15.2 Å². The van der Waals surface area contributed by atoms with Gasteiger partial charge in [-0.3, -0.25) is 0 Å². The zero-order valence-electron chi connectivity index (χ0n) is 10.4. The third kappa shape index (κ3) is 3.83. The molecule has 0 fully saturated rings. The Morgan fingerprint density at radius 2 is 2.22 bits per heavy atom. The van der Waals surface area contributed by atoms with Gasteiger partial charge in [0.25, 0.3) is 0 Å². The van der Waals surface area contributed by atoms with Crippen LogP contribution in [0.15, 0.2) is 12.1 Å². The van der Waals surface area contributed by atoms with Crippen LogP contribution in [0.1, 0.15) is 5.69 Å². The monoisotopic (exact) mass is 248 g/mol. The number of hydrogen-bond donors (Lipinski definition) is 3. The van der Waals surface area contributed by atoms with Gasteiger partial charge in [0.1, 0.15) is 11.9 Å². The van der Waals surface area contributed by atoms with Crippen molar-refractivity contribution in [2.24, 2.45) is 0 Å². The van der Waals surface area contributed by atoms with Gasteiger partial charge in [0.05, 0.1) is 5.69 Å². The van der Waals surface area contributed by atoms with Crippen molar-refractivity contribution in [3.05, 3.63) is 17.8 Å². The molecule has 0 aromatic carbocycles. The number of nitrogens with zero attached hydrogens (tertiary/aromatic N) is 3. The number of amides is 2. The average molecular weight is 248 g/mol. The highest BCUT2D eigenvalue weighted by Crippen LogP contribution is 2.11. The molecule has 18 heavy (non-hydrogen) atoms. The fourth-order valence-corrected chi connectivity index (χ4v) is 1.18. The Hall–Kier alpha value is -2.49. The van der Waals surface area contributed by atoms with E-state index in [2.05, 4.69) is 15.6 Å². The molecule has 96 valence electrons. The lowest BCUT2D eigenvalue weighted by atomic mass is 10.3. The molecule has 1 aromatic rings. The lowest BCUT2D eigenvalue weighted by Crippen LogP contribution is -2.37. The number of pyridine rings is 1. The molecule has 0 saturated heterocycles. The number of nitrogens with one attached hydrogen (secondary N) is 2. The number of anilines is 2. The molecule has 2 amide bonds. The van der Waals surface area contributed by atoms with Crippen LogP contribution in [0, 0.1) is 11.3 Å². The molecule has 7 heteroatoms. The van der Waals surface area contributed by atoms with Crippen LogP contribution in [0.3, 0.4) is 0 Å². The molecule has 0 aliphatic carbocycles. The summed E-state index contributed by atoms with van der Waals surface area (Å²) in [4.78, 5) is 16.7. The molecule has 0 atom stereocenters. The Bertz CT molecular complexity index is 465. The van der Waals surface area contributed by atoms with E-state index < -0.39 is 0 Å². The molecule has 0 radical (unpaired) electrons. The number of nitrogens with two attached hydrogens (primary N) is 1. The first-order valence-corrected chi connectivity index (χ1v) is 5.40. The van der Waals surface area contributed by atoms with Crippen LogP contribution in [0.25, 0.3) is 0 Å². The third-order valence-electron chi connectivity index (χ3n) is 2.15. The van der Waals surface area contributed by atoms with E-state index in [1.54, 1.807) is 26.2 Å². The van der Waals surface area contributed by atoms with Crippen LogP contribution < -0.4 is 16.4 Å². The number of nitriles is 1. The van der Waals surface area contributed by atoms with Gasteiger partial charge in [-0.1, -0.05) is 0 Å².